The summed E-state index contributed by atoms with van der Waals surface area (Å²) in [6, 6.07) is 0.124. The number of amides is 2. The number of hydrogen-bond donors (Lipinski definition) is 2. The van der Waals surface area contributed by atoms with Crippen molar-refractivity contribution < 1.29 is 26.7 Å². The lowest BCUT2D eigenvalue weighted by Crippen LogP contribution is -2.42. The van der Waals surface area contributed by atoms with Crippen LogP contribution in [0.2, 0.25) is 0 Å². The van der Waals surface area contributed by atoms with E-state index in [2.05, 4.69) is 10.6 Å². The molecule has 0 aromatic rings. The number of ketones is 1. The quantitative estimate of drug-likeness (QED) is 0.501. The van der Waals surface area contributed by atoms with E-state index in [9.17, 15) is 14.4 Å². The second-order valence-corrected chi connectivity index (χ2v) is 7.75. The summed E-state index contributed by atoms with van der Waals surface area (Å²) in [5.41, 5.74) is 0. The van der Waals surface area contributed by atoms with Gasteiger partial charge in [-0.1, -0.05) is 13.8 Å². The van der Waals surface area contributed by atoms with Gasteiger partial charge in [-0.25, -0.2) is 0 Å². The summed E-state index contributed by atoms with van der Waals surface area (Å²) >= 11 is 0. The normalized spacial score (nSPS) is 19.9. The van der Waals surface area contributed by atoms with E-state index in [1.165, 1.54) is 0 Å². The van der Waals surface area contributed by atoms with Gasteiger partial charge in [0, 0.05) is 33.7 Å². The number of ether oxygens (including phenoxy) is 2. The lowest BCUT2D eigenvalue weighted by atomic mass is 9.85. The van der Waals surface area contributed by atoms with Gasteiger partial charge < -0.3 is 20.1 Å². The van der Waals surface area contributed by atoms with Gasteiger partial charge in [-0.05, 0) is 39.5 Å². The number of nitrogens with one attached hydrogen (secondary N) is 2. The van der Waals surface area contributed by atoms with Gasteiger partial charge in [0.05, 0.1) is 19.3 Å². The van der Waals surface area contributed by atoms with E-state index in [0.717, 1.165) is 25.7 Å². The number of carbonyl (C=O) groups is 3. The second kappa shape index (κ2) is 12.8. The third kappa shape index (κ3) is 10.4. The fourth-order valence-corrected chi connectivity index (χ4v) is 2.97. The molecule has 2 amide bonds. The molecule has 0 spiro atoms. The molecule has 0 aliphatic heterocycles. The summed E-state index contributed by atoms with van der Waals surface area (Å²) in [7, 11) is 0. The van der Waals surface area contributed by atoms with Crippen molar-refractivity contribution in [1.29, 1.82) is 0 Å². The average molecular weight is 389 g/mol. The third-order valence-corrected chi connectivity index (χ3v) is 4.69. The molecule has 1 aliphatic rings. The lowest BCUT2D eigenvalue weighted by molar-refractivity contribution is -0.128. The SMILES string of the molecule is CC(C)OCC(=O)NC1CCC(C(=O)NCCOCCC(=O)C(C)C)CC1.[HH].[HH]. The minimum atomic E-state index is -0.0929. The van der Waals surface area contributed by atoms with Crippen LogP contribution in [0.1, 0.15) is 62.7 Å². The summed E-state index contributed by atoms with van der Waals surface area (Å²) in [6.07, 6.45) is 3.61. The summed E-state index contributed by atoms with van der Waals surface area (Å²) in [6.45, 7) is 8.90. The maximum absolute atomic E-state index is 12.2. The molecule has 0 aromatic heterocycles. The van der Waals surface area contributed by atoms with Crippen LogP contribution in [0.4, 0.5) is 0 Å². The standard InChI is InChI=1S/C20H36N2O5.2H2/c1-14(2)18(23)9-11-26-12-10-21-20(25)16-5-7-17(8-6-16)22-19(24)13-27-15(3)4;;/h14-17H,5-13H2,1-4H3,(H,21,25)(H,22,24);2*1H. The Bertz CT molecular complexity index is 481. The first kappa shape index (κ1) is 23.6. The molecule has 0 bridgehead atoms. The van der Waals surface area contributed by atoms with Crippen LogP contribution < -0.4 is 10.6 Å². The molecule has 0 atom stereocenters. The van der Waals surface area contributed by atoms with Crippen molar-refractivity contribution in [3.63, 3.8) is 0 Å². The van der Waals surface area contributed by atoms with Crippen LogP contribution >= 0.6 is 0 Å². The smallest absolute Gasteiger partial charge is 0.246 e. The van der Waals surface area contributed by atoms with Crippen LogP contribution in [0.25, 0.3) is 0 Å². The Labute approximate surface area is 165 Å². The van der Waals surface area contributed by atoms with Gasteiger partial charge >= 0.3 is 0 Å². The van der Waals surface area contributed by atoms with Gasteiger partial charge in [0.15, 0.2) is 0 Å². The highest BCUT2D eigenvalue weighted by atomic mass is 16.5. The molecule has 7 nitrogen and oxygen atoms in total. The van der Waals surface area contributed by atoms with Gasteiger partial charge in [0.1, 0.15) is 12.4 Å². The predicted octanol–water partition coefficient (Wildman–Crippen LogP) is 2.33. The van der Waals surface area contributed by atoms with E-state index >= 15 is 0 Å². The third-order valence-electron chi connectivity index (χ3n) is 4.69. The Morgan fingerprint density at radius 1 is 1.04 bits per heavy atom. The summed E-state index contributed by atoms with van der Waals surface area (Å²) in [5.74, 6) is 0.177. The molecular formula is C20H40N2O5. The van der Waals surface area contributed by atoms with E-state index in [1.807, 2.05) is 27.7 Å². The molecule has 1 rings (SSSR count). The number of Topliss-reactive ketones (excluding diaryl/α,β-unsaturated/α-hetero) is 1. The van der Waals surface area contributed by atoms with Gasteiger partial charge in [-0.2, -0.15) is 0 Å². The molecule has 0 heterocycles. The van der Waals surface area contributed by atoms with Gasteiger partial charge in [-0.15, -0.1) is 0 Å². The predicted molar refractivity (Wildman–Crippen MR) is 107 cm³/mol. The van der Waals surface area contributed by atoms with Gasteiger partial charge in [0.2, 0.25) is 11.8 Å². The van der Waals surface area contributed by atoms with Gasteiger partial charge in [0.25, 0.3) is 0 Å². The van der Waals surface area contributed by atoms with E-state index in [1.54, 1.807) is 0 Å². The molecular weight excluding hydrogens is 348 g/mol. The summed E-state index contributed by atoms with van der Waals surface area (Å²) < 4.78 is 10.7. The molecule has 7 heteroatoms. The maximum Gasteiger partial charge on any atom is 0.246 e. The molecule has 160 valence electrons. The molecule has 1 aliphatic carbocycles. The Hall–Kier alpha value is -1.47. The highest BCUT2D eigenvalue weighted by Gasteiger charge is 2.26. The highest BCUT2D eigenvalue weighted by molar-refractivity contribution is 5.80. The summed E-state index contributed by atoms with van der Waals surface area (Å²) in [4.78, 5) is 35.5. The van der Waals surface area contributed by atoms with Crippen molar-refractivity contribution in [1.82, 2.24) is 10.6 Å². The zero-order chi connectivity index (χ0) is 20.2. The topological polar surface area (TPSA) is 93.7 Å². The van der Waals surface area contributed by atoms with E-state index in [4.69, 9.17) is 9.47 Å². The van der Waals surface area contributed by atoms with E-state index in [0.29, 0.717) is 26.2 Å². The van der Waals surface area contributed by atoms with Crippen molar-refractivity contribution in [3.05, 3.63) is 0 Å². The number of carbonyl (C=O) groups excluding carboxylic acids is 3. The molecule has 0 radical (unpaired) electrons. The van der Waals surface area contributed by atoms with Crippen LogP contribution in [0.5, 0.6) is 0 Å². The zero-order valence-electron chi connectivity index (χ0n) is 17.2. The van der Waals surface area contributed by atoms with Crippen molar-refractivity contribution >= 4 is 17.6 Å². The molecule has 0 aromatic carbocycles. The van der Waals surface area contributed by atoms with Crippen LogP contribution in [0.15, 0.2) is 0 Å². The van der Waals surface area contributed by atoms with E-state index in [-0.39, 0.29) is 51.0 Å². The molecule has 0 saturated heterocycles. The monoisotopic (exact) mass is 388 g/mol. The Kier molecular flexibility index (Phi) is 11.2. The van der Waals surface area contributed by atoms with Gasteiger partial charge in [-0.3, -0.25) is 14.4 Å². The van der Waals surface area contributed by atoms with Crippen LogP contribution in [-0.4, -0.2) is 56.1 Å². The highest BCUT2D eigenvalue weighted by Crippen LogP contribution is 2.24. The molecule has 1 saturated carbocycles. The Morgan fingerprint density at radius 3 is 2.30 bits per heavy atom. The largest absolute Gasteiger partial charge is 0.379 e. The molecule has 1 fully saturated rings. The van der Waals surface area contributed by atoms with Crippen molar-refractivity contribution in [2.45, 2.75) is 71.9 Å². The number of hydrogen-bond acceptors (Lipinski definition) is 5. The minimum absolute atomic E-state index is 0. The number of rotatable bonds is 12. The minimum Gasteiger partial charge on any atom is -0.379 e. The molecule has 2 N–H and O–H groups in total. The van der Waals surface area contributed by atoms with Crippen LogP contribution in [-0.2, 0) is 23.9 Å². The van der Waals surface area contributed by atoms with Crippen LogP contribution in [0.3, 0.4) is 0 Å². The first-order valence-electron chi connectivity index (χ1n) is 10.1. The first-order valence-corrected chi connectivity index (χ1v) is 10.1. The fourth-order valence-electron chi connectivity index (χ4n) is 2.97. The zero-order valence-corrected chi connectivity index (χ0v) is 17.2. The maximum atomic E-state index is 12.2. The molecule has 27 heavy (non-hydrogen) atoms. The van der Waals surface area contributed by atoms with E-state index < -0.39 is 0 Å². The van der Waals surface area contributed by atoms with Crippen molar-refractivity contribution in [2.75, 3.05) is 26.4 Å². The van der Waals surface area contributed by atoms with Crippen molar-refractivity contribution in [3.8, 4) is 0 Å². The Balaban J connectivity index is 0. The second-order valence-electron chi connectivity index (χ2n) is 7.75. The molecule has 0 unspecified atom stereocenters. The Morgan fingerprint density at radius 2 is 1.70 bits per heavy atom. The van der Waals surface area contributed by atoms with Crippen molar-refractivity contribution in [2.24, 2.45) is 11.8 Å². The van der Waals surface area contributed by atoms with Crippen LogP contribution in [0, 0.1) is 11.8 Å². The first-order chi connectivity index (χ1) is 12.8. The lowest BCUT2D eigenvalue weighted by Gasteiger charge is -2.28. The average Bonchev–Trinajstić information content (AvgIpc) is 2.62. The fraction of sp³-hybridized carbons (Fsp3) is 0.850. The summed E-state index contributed by atoms with van der Waals surface area (Å²) in [5, 5.41) is 5.87.